The monoisotopic (exact) mass is 345 g/mol. The minimum absolute atomic E-state index is 0.169. The Bertz CT molecular complexity index is 631. The van der Waals surface area contributed by atoms with E-state index < -0.39 is 5.97 Å². The summed E-state index contributed by atoms with van der Waals surface area (Å²) >= 11 is 1.73. The molecule has 0 atom stereocenters. The first-order chi connectivity index (χ1) is 11.7. The van der Waals surface area contributed by atoms with Gasteiger partial charge < -0.3 is 9.84 Å². The molecule has 1 aliphatic rings. The van der Waals surface area contributed by atoms with Crippen molar-refractivity contribution in [2.75, 3.05) is 26.2 Å². The molecule has 3 rings (SSSR count). The standard InChI is InChI=1S/C19H23NO3S/c21-19(22)17-5-8-20(9-6-17)10-11-23-18-3-1-15(2-4-18)13-16-7-12-24-14-16/h1-4,7,12,14,17H,5-6,8-11,13H2,(H,21,22). The summed E-state index contributed by atoms with van der Waals surface area (Å²) in [5.74, 6) is 0.0656. The van der Waals surface area contributed by atoms with Gasteiger partial charge in [0.15, 0.2) is 0 Å². The molecule has 1 aromatic heterocycles. The van der Waals surface area contributed by atoms with Crippen molar-refractivity contribution in [2.24, 2.45) is 5.92 Å². The molecule has 0 radical (unpaired) electrons. The second-order valence-electron chi connectivity index (χ2n) is 6.25. The number of ether oxygens (including phenoxy) is 1. The zero-order chi connectivity index (χ0) is 16.8. The number of nitrogens with zero attached hydrogens (tertiary/aromatic N) is 1. The number of benzene rings is 1. The Morgan fingerprint density at radius 2 is 1.92 bits per heavy atom. The van der Waals surface area contributed by atoms with E-state index in [1.807, 2.05) is 12.1 Å². The summed E-state index contributed by atoms with van der Waals surface area (Å²) in [7, 11) is 0. The van der Waals surface area contributed by atoms with Gasteiger partial charge in [-0.1, -0.05) is 12.1 Å². The SMILES string of the molecule is O=C(O)C1CCN(CCOc2ccc(Cc3ccsc3)cc2)CC1. The molecule has 5 heteroatoms. The molecule has 1 saturated heterocycles. The zero-order valence-corrected chi connectivity index (χ0v) is 14.5. The van der Waals surface area contributed by atoms with Crippen molar-refractivity contribution in [3.8, 4) is 5.75 Å². The van der Waals surface area contributed by atoms with Crippen molar-refractivity contribution in [3.05, 3.63) is 52.2 Å². The fourth-order valence-corrected chi connectivity index (χ4v) is 3.70. The van der Waals surface area contributed by atoms with Gasteiger partial charge in [0.1, 0.15) is 12.4 Å². The van der Waals surface area contributed by atoms with Crippen molar-refractivity contribution in [2.45, 2.75) is 19.3 Å². The molecular weight excluding hydrogens is 322 g/mol. The van der Waals surface area contributed by atoms with Crippen LogP contribution in [0.3, 0.4) is 0 Å². The number of thiophene rings is 1. The maximum atomic E-state index is 10.9. The lowest BCUT2D eigenvalue weighted by Gasteiger charge is -2.29. The van der Waals surface area contributed by atoms with E-state index in [0.29, 0.717) is 6.61 Å². The summed E-state index contributed by atoms with van der Waals surface area (Å²) in [6.45, 7) is 3.18. The van der Waals surface area contributed by atoms with E-state index in [0.717, 1.165) is 44.6 Å². The van der Waals surface area contributed by atoms with Crippen molar-refractivity contribution >= 4 is 17.3 Å². The van der Waals surface area contributed by atoms with Crippen molar-refractivity contribution in [3.63, 3.8) is 0 Å². The molecule has 4 nitrogen and oxygen atoms in total. The highest BCUT2D eigenvalue weighted by Crippen LogP contribution is 2.18. The van der Waals surface area contributed by atoms with E-state index in [1.165, 1.54) is 11.1 Å². The summed E-state index contributed by atoms with van der Waals surface area (Å²) < 4.78 is 5.82. The second kappa shape index (κ2) is 8.31. The lowest BCUT2D eigenvalue weighted by Crippen LogP contribution is -2.38. The molecule has 128 valence electrons. The molecule has 2 aromatic rings. The summed E-state index contributed by atoms with van der Waals surface area (Å²) in [6, 6.07) is 10.4. The van der Waals surface area contributed by atoms with Crippen LogP contribution in [0.4, 0.5) is 0 Å². The Morgan fingerprint density at radius 1 is 1.17 bits per heavy atom. The highest BCUT2D eigenvalue weighted by atomic mass is 32.1. The second-order valence-corrected chi connectivity index (χ2v) is 7.03. The van der Waals surface area contributed by atoms with Crippen LogP contribution in [0.25, 0.3) is 0 Å². The quantitative estimate of drug-likeness (QED) is 0.834. The number of rotatable bonds is 7. The Balaban J connectivity index is 1.38. The lowest BCUT2D eigenvalue weighted by atomic mass is 9.97. The third-order valence-electron chi connectivity index (χ3n) is 4.52. The Morgan fingerprint density at radius 3 is 2.54 bits per heavy atom. The fraction of sp³-hybridized carbons (Fsp3) is 0.421. The molecule has 1 fully saturated rings. The first kappa shape index (κ1) is 17.0. The Kier molecular flexibility index (Phi) is 5.88. The topological polar surface area (TPSA) is 49.8 Å². The number of carboxylic acids is 1. The van der Waals surface area contributed by atoms with Crippen LogP contribution in [0, 0.1) is 5.92 Å². The maximum absolute atomic E-state index is 10.9. The minimum Gasteiger partial charge on any atom is -0.492 e. The molecule has 1 aliphatic heterocycles. The summed E-state index contributed by atoms with van der Waals surface area (Å²) in [4.78, 5) is 13.2. The van der Waals surface area contributed by atoms with Gasteiger partial charge in [-0.05, 0) is 72.4 Å². The molecule has 24 heavy (non-hydrogen) atoms. The third-order valence-corrected chi connectivity index (χ3v) is 5.26. The number of carbonyl (C=O) groups is 1. The Hall–Kier alpha value is -1.85. The van der Waals surface area contributed by atoms with Gasteiger partial charge in [0, 0.05) is 6.54 Å². The maximum Gasteiger partial charge on any atom is 0.306 e. The molecule has 2 heterocycles. The van der Waals surface area contributed by atoms with Gasteiger partial charge in [-0.3, -0.25) is 9.69 Å². The molecule has 0 saturated carbocycles. The predicted molar refractivity (Wildman–Crippen MR) is 95.9 cm³/mol. The van der Waals surface area contributed by atoms with Crippen LogP contribution in [-0.2, 0) is 11.2 Å². The average molecular weight is 345 g/mol. The van der Waals surface area contributed by atoms with Crippen LogP contribution >= 0.6 is 11.3 Å². The normalized spacial score (nSPS) is 16.2. The van der Waals surface area contributed by atoms with Crippen molar-refractivity contribution in [1.29, 1.82) is 0 Å². The molecule has 0 bridgehead atoms. The minimum atomic E-state index is -0.659. The van der Waals surface area contributed by atoms with Crippen LogP contribution in [-0.4, -0.2) is 42.2 Å². The van der Waals surface area contributed by atoms with Crippen LogP contribution in [0.15, 0.2) is 41.1 Å². The van der Waals surface area contributed by atoms with E-state index in [1.54, 1.807) is 11.3 Å². The van der Waals surface area contributed by atoms with Gasteiger partial charge in [-0.2, -0.15) is 11.3 Å². The molecule has 0 unspecified atom stereocenters. The van der Waals surface area contributed by atoms with Crippen molar-refractivity contribution in [1.82, 2.24) is 4.90 Å². The summed E-state index contributed by atoms with van der Waals surface area (Å²) in [5, 5.41) is 13.3. The van der Waals surface area contributed by atoms with Crippen molar-refractivity contribution < 1.29 is 14.6 Å². The van der Waals surface area contributed by atoms with Crippen LogP contribution < -0.4 is 4.74 Å². The van der Waals surface area contributed by atoms with Crippen LogP contribution in [0.5, 0.6) is 5.75 Å². The highest BCUT2D eigenvalue weighted by Gasteiger charge is 2.24. The number of likely N-dealkylation sites (tertiary alicyclic amines) is 1. The highest BCUT2D eigenvalue weighted by molar-refractivity contribution is 7.07. The van der Waals surface area contributed by atoms with E-state index >= 15 is 0 Å². The lowest BCUT2D eigenvalue weighted by molar-refractivity contribution is -0.143. The van der Waals surface area contributed by atoms with E-state index in [4.69, 9.17) is 9.84 Å². The van der Waals surface area contributed by atoms with Gasteiger partial charge in [-0.25, -0.2) is 0 Å². The number of carboxylic acid groups (broad SMARTS) is 1. The van der Waals surface area contributed by atoms with E-state index in [9.17, 15) is 4.79 Å². The molecule has 0 aliphatic carbocycles. The van der Waals surface area contributed by atoms with Gasteiger partial charge in [0.05, 0.1) is 5.92 Å². The molecule has 1 aromatic carbocycles. The molecular formula is C19H23NO3S. The van der Waals surface area contributed by atoms with Crippen LogP contribution in [0.2, 0.25) is 0 Å². The predicted octanol–water partition coefficient (Wildman–Crippen LogP) is 3.51. The number of aliphatic carboxylic acids is 1. The van der Waals surface area contributed by atoms with E-state index in [2.05, 4.69) is 33.9 Å². The first-order valence-corrected chi connectivity index (χ1v) is 9.33. The fourth-order valence-electron chi connectivity index (χ4n) is 3.03. The van der Waals surface area contributed by atoms with Gasteiger partial charge in [0.2, 0.25) is 0 Å². The molecule has 0 spiro atoms. The van der Waals surface area contributed by atoms with Crippen LogP contribution in [0.1, 0.15) is 24.0 Å². The van der Waals surface area contributed by atoms with Gasteiger partial charge in [0.25, 0.3) is 0 Å². The first-order valence-electron chi connectivity index (χ1n) is 8.38. The summed E-state index contributed by atoms with van der Waals surface area (Å²) in [5.41, 5.74) is 2.63. The smallest absolute Gasteiger partial charge is 0.306 e. The zero-order valence-electron chi connectivity index (χ0n) is 13.7. The van der Waals surface area contributed by atoms with Gasteiger partial charge >= 0.3 is 5.97 Å². The van der Waals surface area contributed by atoms with Gasteiger partial charge in [-0.15, -0.1) is 0 Å². The average Bonchev–Trinajstić information content (AvgIpc) is 3.10. The molecule has 0 amide bonds. The number of piperidine rings is 1. The molecule has 1 N–H and O–H groups in total. The number of hydrogen-bond donors (Lipinski definition) is 1. The Labute approximate surface area is 146 Å². The number of hydrogen-bond acceptors (Lipinski definition) is 4. The summed E-state index contributed by atoms with van der Waals surface area (Å²) in [6.07, 6.45) is 2.45. The largest absolute Gasteiger partial charge is 0.492 e. The third kappa shape index (κ3) is 4.82. The van der Waals surface area contributed by atoms with E-state index in [-0.39, 0.29) is 5.92 Å².